The fourth-order valence-electron chi connectivity index (χ4n) is 9.72. The van der Waals surface area contributed by atoms with Gasteiger partial charge in [0.25, 0.3) is 0 Å². The van der Waals surface area contributed by atoms with Gasteiger partial charge in [-0.3, -0.25) is 0 Å². The van der Waals surface area contributed by atoms with Gasteiger partial charge in [0.1, 0.15) is 0 Å². The molecule has 8 rings (SSSR count). The minimum Gasteiger partial charge on any atom is -0.304 e. The second-order valence-corrected chi connectivity index (χ2v) is 18.1. The molecule has 2 aromatic heterocycles. The van der Waals surface area contributed by atoms with Gasteiger partial charge >= 0.3 is 0 Å². The molecule has 0 spiro atoms. The Kier molecular flexibility index (Phi) is 17.6. The number of rotatable bonds is 21. The van der Waals surface area contributed by atoms with Crippen LogP contribution in [0, 0.1) is 6.07 Å². The summed E-state index contributed by atoms with van der Waals surface area (Å²) in [5.74, 6) is 2.91. The SMILES string of the molecule is CCCCCCc1ccc(-c2nc(-c3ccc(CCCCCC)cc3)nc(-c3ccc(-c4[c-]cc5c(c4)C(CCCC)C(CCCC)c4cc(-c6ccccc6)ccc4-5)nc3)n2)cc1.[Ir]. The molecule has 0 bridgehead atoms. The van der Waals surface area contributed by atoms with Crippen LogP contribution in [0.1, 0.15) is 152 Å². The summed E-state index contributed by atoms with van der Waals surface area (Å²) in [5, 5.41) is 0. The van der Waals surface area contributed by atoms with Crippen LogP contribution in [-0.2, 0) is 32.9 Å². The van der Waals surface area contributed by atoms with Gasteiger partial charge in [-0.05, 0) is 83.9 Å². The summed E-state index contributed by atoms with van der Waals surface area (Å²) in [4.78, 5) is 20.4. The van der Waals surface area contributed by atoms with E-state index >= 15 is 0 Å². The van der Waals surface area contributed by atoms with E-state index in [0.29, 0.717) is 29.3 Å². The summed E-state index contributed by atoms with van der Waals surface area (Å²) in [6, 6.07) is 48.3. The quantitative estimate of drug-likeness (QED) is 0.0532. The largest absolute Gasteiger partial charge is 0.304 e. The Labute approximate surface area is 403 Å². The Bertz CT molecular complexity index is 2470. The minimum atomic E-state index is 0. The summed E-state index contributed by atoms with van der Waals surface area (Å²) in [6.07, 6.45) is 21.4. The molecule has 1 aliphatic carbocycles. The third-order valence-electron chi connectivity index (χ3n) is 13.4. The number of pyridine rings is 1. The molecule has 0 N–H and O–H groups in total. The average molecular weight is 1040 g/mol. The number of benzene rings is 5. The first kappa shape index (κ1) is 47.9. The van der Waals surface area contributed by atoms with Gasteiger partial charge in [0.05, 0.1) is 0 Å². The third kappa shape index (κ3) is 11.8. The van der Waals surface area contributed by atoms with Crippen LogP contribution in [0.4, 0.5) is 0 Å². The van der Waals surface area contributed by atoms with Gasteiger partial charge in [0.15, 0.2) is 17.5 Å². The predicted molar refractivity (Wildman–Crippen MR) is 269 cm³/mol. The second-order valence-electron chi connectivity index (χ2n) is 18.1. The smallest absolute Gasteiger partial charge is 0.165 e. The molecule has 1 radical (unpaired) electrons. The Morgan fingerprint density at radius 2 is 0.954 bits per heavy atom. The van der Waals surface area contributed by atoms with Gasteiger partial charge in [-0.25, -0.2) is 15.0 Å². The zero-order valence-electron chi connectivity index (χ0n) is 39.2. The van der Waals surface area contributed by atoms with Crippen molar-refractivity contribution in [3.63, 3.8) is 0 Å². The normalized spacial score (nSPS) is 14.1. The zero-order valence-corrected chi connectivity index (χ0v) is 41.6. The van der Waals surface area contributed by atoms with Gasteiger partial charge in [0, 0.05) is 43.0 Å². The van der Waals surface area contributed by atoms with Gasteiger partial charge in [-0.15, -0.1) is 29.3 Å². The summed E-state index contributed by atoms with van der Waals surface area (Å²) < 4.78 is 0. The van der Waals surface area contributed by atoms with Crippen molar-refractivity contribution < 1.29 is 20.1 Å². The van der Waals surface area contributed by atoms with Crippen molar-refractivity contribution in [1.29, 1.82) is 0 Å². The predicted octanol–water partition coefficient (Wildman–Crippen LogP) is 16.9. The molecular formula is C60H67IrN4-. The van der Waals surface area contributed by atoms with Crippen LogP contribution in [-0.4, -0.2) is 19.9 Å². The number of unbranched alkanes of at least 4 members (excludes halogenated alkanes) is 8. The number of hydrogen-bond donors (Lipinski definition) is 0. The molecule has 4 nitrogen and oxygen atoms in total. The summed E-state index contributed by atoms with van der Waals surface area (Å²) in [6.45, 7) is 9.17. The maximum atomic E-state index is 5.10. The standard InChI is InChI=1S/C60H67N4.Ir/c1-5-9-13-16-20-43-26-30-46(31-27-43)58-62-59(47-32-28-44(29-33-47)21-17-14-10-6-2)64-60(63-58)50-36-39-57(61-42-50)49-35-38-54-53-37-34-48(45-22-18-15-19-23-45)40-55(53)51(24-11-7-3)52(25-12-8-4)56(54)41-49;/h15,18-19,22-23,26-34,36-42,51-52H,5-14,16-17,20-21,24-25H2,1-4H3;/q-1;. The molecule has 0 fully saturated rings. The molecule has 2 heterocycles. The molecule has 0 saturated heterocycles. The molecule has 65 heavy (non-hydrogen) atoms. The zero-order chi connectivity index (χ0) is 44.1. The molecule has 5 heteroatoms. The Morgan fingerprint density at radius 3 is 1.48 bits per heavy atom. The van der Waals surface area contributed by atoms with Crippen LogP contribution in [0.15, 0.2) is 128 Å². The van der Waals surface area contributed by atoms with E-state index < -0.39 is 0 Å². The van der Waals surface area contributed by atoms with Crippen LogP contribution in [0.2, 0.25) is 0 Å². The van der Waals surface area contributed by atoms with Crippen molar-refractivity contribution >= 4 is 0 Å². The average Bonchev–Trinajstić information content (AvgIpc) is 3.35. The molecular weight excluding hydrogens is 969 g/mol. The monoisotopic (exact) mass is 1040 g/mol. The number of aryl methyl sites for hydroxylation is 2. The van der Waals surface area contributed by atoms with E-state index in [0.717, 1.165) is 40.8 Å². The molecule has 1 aliphatic rings. The van der Waals surface area contributed by atoms with E-state index in [2.05, 4.69) is 155 Å². The van der Waals surface area contributed by atoms with E-state index in [1.165, 1.54) is 134 Å². The molecule has 337 valence electrons. The van der Waals surface area contributed by atoms with E-state index in [1.807, 2.05) is 6.20 Å². The maximum Gasteiger partial charge on any atom is 0.165 e. The Morgan fingerprint density at radius 1 is 0.446 bits per heavy atom. The van der Waals surface area contributed by atoms with Crippen molar-refractivity contribution in [2.45, 2.75) is 142 Å². The first-order chi connectivity index (χ1) is 31.6. The molecule has 0 saturated carbocycles. The first-order valence-corrected chi connectivity index (χ1v) is 24.7. The van der Waals surface area contributed by atoms with E-state index in [9.17, 15) is 0 Å². The molecule has 0 amide bonds. The van der Waals surface area contributed by atoms with Crippen molar-refractivity contribution in [3.8, 4) is 67.7 Å². The van der Waals surface area contributed by atoms with Crippen LogP contribution in [0.5, 0.6) is 0 Å². The van der Waals surface area contributed by atoms with Crippen LogP contribution in [0.25, 0.3) is 67.7 Å². The van der Waals surface area contributed by atoms with Crippen molar-refractivity contribution in [2.24, 2.45) is 0 Å². The van der Waals surface area contributed by atoms with Crippen LogP contribution >= 0.6 is 0 Å². The molecule has 2 unspecified atom stereocenters. The topological polar surface area (TPSA) is 51.6 Å². The molecule has 5 aromatic carbocycles. The summed E-state index contributed by atoms with van der Waals surface area (Å²) in [5.41, 5.74) is 15.7. The minimum absolute atomic E-state index is 0. The molecule has 7 aromatic rings. The fourth-order valence-corrected chi connectivity index (χ4v) is 9.72. The van der Waals surface area contributed by atoms with Gasteiger partial charge < -0.3 is 4.98 Å². The van der Waals surface area contributed by atoms with E-state index in [1.54, 1.807) is 0 Å². The fraction of sp³-hybridized carbons (Fsp3) is 0.367. The maximum absolute atomic E-state index is 5.10. The third-order valence-corrected chi connectivity index (χ3v) is 13.4. The summed E-state index contributed by atoms with van der Waals surface area (Å²) in [7, 11) is 0. The van der Waals surface area contributed by atoms with Crippen LogP contribution < -0.4 is 0 Å². The van der Waals surface area contributed by atoms with Crippen molar-refractivity contribution in [2.75, 3.05) is 0 Å². The van der Waals surface area contributed by atoms with Crippen molar-refractivity contribution in [3.05, 3.63) is 156 Å². The van der Waals surface area contributed by atoms with Crippen molar-refractivity contribution in [1.82, 2.24) is 19.9 Å². The van der Waals surface area contributed by atoms with E-state index in [-0.39, 0.29) is 20.1 Å². The molecule has 2 atom stereocenters. The molecule has 0 aliphatic heterocycles. The number of aromatic nitrogens is 4. The number of hydrogen-bond acceptors (Lipinski definition) is 4. The van der Waals surface area contributed by atoms with Gasteiger partial charge in [-0.1, -0.05) is 212 Å². The second kappa shape index (κ2) is 23.9. The Hall–Kier alpha value is -5.09. The number of nitrogens with zero attached hydrogens (tertiary/aromatic N) is 4. The van der Waals surface area contributed by atoms with Gasteiger partial charge in [0.2, 0.25) is 0 Å². The Balaban J connectivity index is 0.00000630. The van der Waals surface area contributed by atoms with E-state index in [4.69, 9.17) is 19.9 Å². The first-order valence-electron chi connectivity index (χ1n) is 24.7. The summed E-state index contributed by atoms with van der Waals surface area (Å²) >= 11 is 0. The van der Waals surface area contributed by atoms with Gasteiger partial charge in [-0.2, -0.15) is 0 Å². The van der Waals surface area contributed by atoms with Crippen LogP contribution in [0.3, 0.4) is 0 Å². The number of fused-ring (bicyclic) bond motifs is 3.